The average molecular weight is 336 g/mol. The summed E-state index contributed by atoms with van der Waals surface area (Å²) in [6.45, 7) is 2.19. The van der Waals surface area contributed by atoms with E-state index in [1.807, 2.05) is 0 Å². The zero-order valence-electron chi connectivity index (χ0n) is 14.4. The van der Waals surface area contributed by atoms with Gasteiger partial charge in [-0.15, -0.1) is 0 Å². The van der Waals surface area contributed by atoms with Gasteiger partial charge in [-0.25, -0.2) is 0 Å². The van der Waals surface area contributed by atoms with E-state index in [1.54, 1.807) is 0 Å². The monoisotopic (exact) mass is 336 g/mol. The van der Waals surface area contributed by atoms with Gasteiger partial charge in [0, 0.05) is 6.07 Å². The van der Waals surface area contributed by atoms with Gasteiger partial charge in [0.1, 0.15) is 11.5 Å². The highest BCUT2D eigenvalue weighted by Crippen LogP contribution is 2.29. The molecule has 3 aromatic carbocycles. The Kier molecular flexibility index (Phi) is 5.25. The second kappa shape index (κ2) is 7.58. The molecule has 0 aliphatic rings. The topological polar surface area (TPSA) is 60.7 Å². The molecule has 0 saturated heterocycles. The quantitative estimate of drug-likeness (QED) is 0.597. The number of phenolic OH excluding ortho intramolecular Hbond substituents is 2. The van der Waals surface area contributed by atoms with Crippen LogP contribution in [0.5, 0.6) is 11.5 Å². The summed E-state index contributed by atoms with van der Waals surface area (Å²) in [4.78, 5) is 0. The van der Waals surface area contributed by atoms with Crippen LogP contribution in [0.15, 0.2) is 60.7 Å². The number of aliphatic hydroxyl groups excluding tert-OH is 1. The summed E-state index contributed by atoms with van der Waals surface area (Å²) in [5.41, 5.74) is 1.88. The second-order valence-corrected chi connectivity index (χ2v) is 6.82. The first kappa shape index (κ1) is 17.3. The van der Waals surface area contributed by atoms with E-state index in [4.69, 9.17) is 0 Å². The maximum atomic E-state index is 10.3. The second-order valence-electron chi connectivity index (χ2n) is 6.82. The number of hydrogen-bond donors (Lipinski definition) is 3. The van der Waals surface area contributed by atoms with Crippen molar-refractivity contribution >= 4 is 10.8 Å². The van der Waals surface area contributed by atoms with Crippen molar-refractivity contribution in [1.82, 2.24) is 0 Å². The molecule has 0 radical (unpaired) electrons. The predicted octanol–water partition coefficient (Wildman–Crippen LogP) is 4.94. The van der Waals surface area contributed by atoms with E-state index >= 15 is 0 Å². The third kappa shape index (κ3) is 4.31. The van der Waals surface area contributed by atoms with E-state index in [0.29, 0.717) is 17.9 Å². The van der Waals surface area contributed by atoms with Gasteiger partial charge in [-0.2, -0.15) is 0 Å². The van der Waals surface area contributed by atoms with Gasteiger partial charge < -0.3 is 15.3 Å². The first-order valence-electron chi connectivity index (χ1n) is 8.70. The molecular weight excluding hydrogens is 312 g/mol. The van der Waals surface area contributed by atoms with Crippen LogP contribution in [0.3, 0.4) is 0 Å². The highest BCUT2D eigenvalue weighted by molar-refractivity contribution is 5.85. The minimum atomic E-state index is -0.687. The molecule has 0 heterocycles. The van der Waals surface area contributed by atoms with Crippen molar-refractivity contribution in [2.24, 2.45) is 5.92 Å². The Labute approximate surface area is 148 Å². The van der Waals surface area contributed by atoms with Crippen LogP contribution in [0.1, 0.15) is 37.0 Å². The minimum absolute atomic E-state index is 0.0298. The highest BCUT2D eigenvalue weighted by atomic mass is 16.3. The molecule has 3 heteroatoms. The number of aliphatic hydroxyl groups is 1. The summed E-state index contributed by atoms with van der Waals surface area (Å²) in [5.74, 6) is 0.363. The smallest absolute Gasteiger partial charge is 0.119 e. The Hall–Kier alpha value is -2.52. The largest absolute Gasteiger partial charge is 0.508 e. The fourth-order valence-electron chi connectivity index (χ4n) is 3.37. The third-order valence-electron chi connectivity index (χ3n) is 4.69. The Bertz CT molecular complexity index is 831. The number of aromatic hydroxyl groups is 2. The molecule has 0 saturated carbocycles. The van der Waals surface area contributed by atoms with Gasteiger partial charge in [-0.05, 0) is 59.2 Å². The van der Waals surface area contributed by atoms with Crippen LogP contribution < -0.4 is 0 Å². The highest BCUT2D eigenvalue weighted by Gasteiger charge is 2.13. The zero-order valence-corrected chi connectivity index (χ0v) is 14.4. The molecule has 0 fully saturated rings. The van der Waals surface area contributed by atoms with Crippen LogP contribution in [0.2, 0.25) is 0 Å². The summed E-state index contributed by atoms with van der Waals surface area (Å²) >= 11 is 0. The van der Waals surface area contributed by atoms with Crippen molar-refractivity contribution in [3.8, 4) is 11.5 Å². The van der Waals surface area contributed by atoms with Gasteiger partial charge in [0.05, 0.1) is 6.10 Å². The first-order valence-corrected chi connectivity index (χ1v) is 8.70. The molecule has 0 amide bonds. The Morgan fingerprint density at radius 3 is 2.28 bits per heavy atom. The molecule has 3 rings (SSSR count). The molecular formula is C22H24O3. The van der Waals surface area contributed by atoms with Crippen LogP contribution in [0, 0.1) is 5.92 Å². The summed E-state index contributed by atoms with van der Waals surface area (Å²) in [5, 5.41) is 32.0. The van der Waals surface area contributed by atoms with Crippen molar-refractivity contribution in [3.63, 3.8) is 0 Å². The summed E-state index contributed by atoms with van der Waals surface area (Å²) in [7, 11) is 0. The number of benzene rings is 3. The summed E-state index contributed by atoms with van der Waals surface area (Å²) in [6.07, 6.45) is 1.72. The zero-order chi connectivity index (χ0) is 17.8. The van der Waals surface area contributed by atoms with Crippen LogP contribution in [-0.2, 0) is 6.42 Å². The van der Waals surface area contributed by atoms with E-state index in [0.717, 1.165) is 12.8 Å². The van der Waals surface area contributed by atoms with Gasteiger partial charge >= 0.3 is 0 Å². The standard InChI is InChI=1S/C22H24O3/c1-15(9-10-22(25)18-12-19(23)14-20(24)13-18)11-17-7-4-6-16-5-2-3-8-21(16)17/h2-8,12-15,22-25H,9-11H2,1H3. The third-order valence-corrected chi connectivity index (χ3v) is 4.69. The summed E-state index contributed by atoms with van der Waals surface area (Å²) in [6, 6.07) is 19.0. The molecule has 25 heavy (non-hydrogen) atoms. The molecule has 2 unspecified atom stereocenters. The van der Waals surface area contributed by atoms with Crippen molar-refractivity contribution in [1.29, 1.82) is 0 Å². The molecule has 0 aliphatic heterocycles. The first-order chi connectivity index (χ1) is 12.0. The van der Waals surface area contributed by atoms with E-state index in [9.17, 15) is 15.3 Å². The lowest BCUT2D eigenvalue weighted by atomic mass is 9.91. The van der Waals surface area contributed by atoms with Crippen LogP contribution in [-0.4, -0.2) is 15.3 Å². The molecule has 3 nitrogen and oxygen atoms in total. The van der Waals surface area contributed by atoms with E-state index in [-0.39, 0.29) is 11.5 Å². The SMILES string of the molecule is CC(CCC(O)c1cc(O)cc(O)c1)Cc1cccc2ccccc12. The molecule has 3 N–H and O–H groups in total. The van der Waals surface area contributed by atoms with Crippen LogP contribution in [0.4, 0.5) is 0 Å². The van der Waals surface area contributed by atoms with Gasteiger partial charge in [0.2, 0.25) is 0 Å². The Morgan fingerprint density at radius 2 is 1.52 bits per heavy atom. The van der Waals surface area contributed by atoms with Crippen LogP contribution in [0.25, 0.3) is 10.8 Å². The lowest BCUT2D eigenvalue weighted by Gasteiger charge is -2.17. The van der Waals surface area contributed by atoms with E-state index < -0.39 is 6.10 Å². The van der Waals surface area contributed by atoms with E-state index in [2.05, 4.69) is 49.4 Å². The number of rotatable bonds is 6. The Morgan fingerprint density at radius 1 is 0.840 bits per heavy atom. The normalized spacial score (nSPS) is 13.7. The van der Waals surface area contributed by atoms with Crippen molar-refractivity contribution in [2.75, 3.05) is 0 Å². The van der Waals surface area contributed by atoms with Gasteiger partial charge in [-0.3, -0.25) is 0 Å². The van der Waals surface area contributed by atoms with E-state index in [1.165, 1.54) is 34.5 Å². The predicted molar refractivity (Wildman–Crippen MR) is 101 cm³/mol. The van der Waals surface area contributed by atoms with Gasteiger partial charge in [-0.1, -0.05) is 49.4 Å². The number of phenols is 2. The molecule has 0 aliphatic carbocycles. The number of fused-ring (bicyclic) bond motifs is 1. The Balaban J connectivity index is 1.63. The maximum Gasteiger partial charge on any atom is 0.119 e. The lowest BCUT2D eigenvalue weighted by Crippen LogP contribution is -2.05. The van der Waals surface area contributed by atoms with Gasteiger partial charge in [0.15, 0.2) is 0 Å². The summed E-state index contributed by atoms with van der Waals surface area (Å²) < 4.78 is 0. The minimum Gasteiger partial charge on any atom is -0.508 e. The molecule has 0 bridgehead atoms. The van der Waals surface area contributed by atoms with Gasteiger partial charge in [0.25, 0.3) is 0 Å². The number of hydrogen-bond acceptors (Lipinski definition) is 3. The lowest BCUT2D eigenvalue weighted by molar-refractivity contribution is 0.157. The van der Waals surface area contributed by atoms with Crippen molar-refractivity contribution < 1.29 is 15.3 Å². The van der Waals surface area contributed by atoms with Crippen LogP contribution >= 0.6 is 0 Å². The molecule has 0 aromatic heterocycles. The molecule has 2 atom stereocenters. The average Bonchev–Trinajstić information content (AvgIpc) is 2.59. The molecule has 130 valence electrons. The fraction of sp³-hybridized carbons (Fsp3) is 0.273. The van der Waals surface area contributed by atoms with Crippen molar-refractivity contribution in [2.45, 2.75) is 32.3 Å². The maximum absolute atomic E-state index is 10.3. The fourth-order valence-corrected chi connectivity index (χ4v) is 3.37. The molecule has 3 aromatic rings. The molecule has 0 spiro atoms. The van der Waals surface area contributed by atoms with Crippen molar-refractivity contribution in [3.05, 3.63) is 71.8 Å².